The number of halogens is 1. The zero-order chi connectivity index (χ0) is 18.7. The fourth-order valence-corrected chi connectivity index (χ4v) is 2.98. The monoisotopic (exact) mass is 386 g/mol. The molecule has 3 aromatic rings. The first kappa shape index (κ1) is 18.4. The second kappa shape index (κ2) is 7.85. The maximum Gasteiger partial charge on any atom is 0.240 e. The number of hydrogen-bond donors (Lipinski definition) is 2. The van der Waals surface area contributed by atoms with Crippen molar-refractivity contribution >= 4 is 29.7 Å². The summed E-state index contributed by atoms with van der Waals surface area (Å²) >= 11 is 11.2. The van der Waals surface area contributed by atoms with Crippen LogP contribution in [0.15, 0.2) is 48.5 Å². The van der Waals surface area contributed by atoms with Crippen LogP contribution < -0.4 is 5.32 Å². The molecule has 26 heavy (non-hydrogen) atoms. The summed E-state index contributed by atoms with van der Waals surface area (Å²) < 4.78 is 2.11. The first-order valence-corrected chi connectivity index (χ1v) is 9.00. The van der Waals surface area contributed by atoms with Crippen LogP contribution in [0.5, 0.6) is 0 Å². The van der Waals surface area contributed by atoms with E-state index in [1.807, 2.05) is 50.2 Å². The number of benzene rings is 2. The van der Waals surface area contributed by atoms with Crippen LogP contribution in [-0.4, -0.2) is 20.7 Å². The van der Waals surface area contributed by atoms with E-state index in [4.69, 9.17) is 23.8 Å². The molecule has 0 aliphatic carbocycles. The van der Waals surface area contributed by atoms with E-state index < -0.39 is 0 Å². The van der Waals surface area contributed by atoms with Gasteiger partial charge >= 0.3 is 0 Å². The lowest BCUT2D eigenvalue weighted by Gasteiger charge is -2.15. The van der Waals surface area contributed by atoms with E-state index in [9.17, 15) is 4.79 Å². The van der Waals surface area contributed by atoms with Crippen LogP contribution in [0, 0.1) is 11.7 Å². The van der Waals surface area contributed by atoms with Crippen LogP contribution in [0.25, 0.3) is 11.4 Å². The normalized spacial score (nSPS) is 12.0. The molecule has 1 atom stereocenters. The van der Waals surface area contributed by atoms with Crippen molar-refractivity contribution in [1.82, 2.24) is 20.1 Å². The summed E-state index contributed by atoms with van der Waals surface area (Å²) in [5.41, 5.74) is 3.04. The van der Waals surface area contributed by atoms with Gasteiger partial charge in [0.1, 0.15) is 6.54 Å². The van der Waals surface area contributed by atoms with Crippen molar-refractivity contribution < 1.29 is 4.79 Å². The molecule has 2 aromatic carbocycles. The molecule has 0 spiro atoms. The standard InChI is InChI=1S/C19H19ClN4OS/c1-12-3-5-15(6-4-12)18-22-23-19(26)24(18)11-17(25)21-13(2)14-7-9-16(20)10-8-14/h3-10,13H,11H2,1-2H3,(H,21,25)(H,23,26)/t13-/m0/s1. The zero-order valence-corrected chi connectivity index (χ0v) is 16.1. The molecule has 0 aliphatic rings. The predicted molar refractivity (Wildman–Crippen MR) is 106 cm³/mol. The van der Waals surface area contributed by atoms with E-state index in [0.29, 0.717) is 15.6 Å². The van der Waals surface area contributed by atoms with E-state index in [0.717, 1.165) is 16.7 Å². The van der Waals surface area contributed by atoms with E-state index in [2.05, 4.69) is 15.5 Å². The zero-order valence-electron chi connectivity index (χ0n) is 14.5. The molecule has 1 heterocycles. The Balaban J connectivity index is 1.75. The van der Waals surface area contributed by atoms with Gasteiger partial charge in [-0.15, -0.1) is 0 Å². The first-order chi connectivity index (χ1) is 12.4. The molecule has 0 fully saturated rings. The number of carbonyl (C=O) groups excluding carboxylic acids is 1. The molecule has 7 heteroatoms. The molecule has 0 saturated heterocycles. The average molecular weight is 387 g/mol. The number of carbonyl (C=O) groups is 1. The van der Waals surface area contributed by atoms with Gasteiger partial charge in [0, 0.05) is 10.6 Å². The van der Waals surface area contributed by atoms with Crippen LogP contribution in [0.3, 0.4) is 0 Å². The van der Waals surface area contributed by atoms with E-state index in [-0.39, 0.29) is 18.5 Å². The van der Waals surface area contributed by atoms with Gasteiger partial charge in [-0.1, -0.05) is 53.6 Å². The second-order valence-corrected chi connectivity index (χ2v) is 6.97. The Morgan fingerprint density at radius 3 is 2.54 bits per heavy atom. The smallest absolute Gasteiger partial charge is 0.240 e. The molecule has 0 unspecified atom stereocenters. The maximum atomic E-state index is 12.5. The number of aromatic nitrogens is 3. The lowest BCUT2D eigenvalue weighted by atomic mass is 10.1. The SMILES string of the molecule is Cc1ccc(-c2n[nH]c(=S)n2CC(=O)N[C@@H](C)c2ccc(Cl)cc2)cc1. The number of nitrogens with zero attached hydrogens (tertiary/aromatic N) is 2. The minimum absolute atomic E-state index is 0.0937. The molecule has 0 bridgehead atoms. The van der Waals surface area contributed by atoms with Crippen molar-refractivity contribution in [2.75, 3.05) is 0 Å². The van der Waals surface area contributed by atoms with E-state index in [1.165, 1.54) is 0 Å². The molecule has 1 aromatic heterocycles. The Labute approximate surface area is 162 Å². The van der Waals surface area contributed by atoms with Crippen molar-refractivity contribution in [2.45, 2.75) is 26.4 Å². The van der Waals surface area contributed by atoms with Gasteiger partial charge in [0.05, 0.1) is 6.04 Å². The number of hydrogen-bond acceptors (Lipinski definition) is 3. The van der Waals surface area contributed by atoms with Crippen molar-refractivity contribution in [3.05, 3.63) is 69.5 Å². The molecule has 1 amide bonds. The lowest BCUT2D eigenvalue weighted by molar-refractivity contribution is -0.122. The predicted octanol–water partition coefficient (Wildman–Crippen LogP) is 4.45. The van der Waals surface area contributed by atoms with Crippen LogP contribution in [-0.2, 0) is 11.3 Å². The van der Waals surface area contributed by atoms with Crippen molar-refractivity contribution in [2.24, 2.45) is 0 Å². The van der Waals surface area contributed by atoms with Gasteiger partial charge in [0.15, 0.2) is 10.6 Å². The third kappa shape index (κ3) is 4.20. The van der Waals surface area contributed by atoms with Crippen molar-refractivity contribution in [1.29, 1.82) is 0 Å². The summed E-state index contributed by atoms with van der Waals surface area (Å²) in [5.74, 6) is 0.502. The molecular formula is C19H19ClN4OS. The summed E-state index contributed by atoms with van der Waals surface area (Å²) in [6.45, 7) is 4.04. The fraction of sp³-hybridized carbons (Fsp3) is 0.211. The van der Waals surface area contributed by atoms with Crippen LogP contribution in [0.1, 0.15) is 24.1 Å². The summed E-state index contributed by atoms with van der Waals surface area (Å²) in [6, 6.07) is 15.2. The van der Waals surface area contributed by atoms with Gasteiger partial charge in [0.25, 0.3) is 0 Å². The first-order valence-electron chi connectivity index (χ1n) is 8.21. The molecule has 134 valence electrons. The third-order valence-electron chi connectivity index (χ3n) is 4.12. The van der Waals surface area contributed by atoms with E-state index in [1.54, 1.807) is 16.7 Å². The largest absolute Gasteiger partial charge is 0.348 e. The van der Waals surface area contributed by atoms with Crippen LogP contribution in [0.4, 0.5) is 0 Å². The molecule has 2 N–H and O–H groups in total. The minimum Gasteiger partial charge on any atom is -0.348 e. The Kier molecular flexibility index (Phi) is 5.54. The van der Waals surface area contributed by atoms with Gasteiger partial charge in [-0.3, -0.25) is 14.5 Å². The van der Waals surface area contributed by atoms with Crippen molar-refractivity contribution in [3.8, 4) is 11.4 Å². The number of amides is 1. The molecule has 0 radical (unpaired) electrons. The topological polar surface area (TPSA) is 62.7 Å². The Bertz CT molecular complexity index is 960. The van der Waals surface area contributed by atoms with Crippen molar-refractivity contribution in [3.63, 3.8) is 0 Å². The number of nitrogens with one attached hydrogen (secondary N) is 2. The summed E-state index contributed by atoms with van der Waals surface area (Å²) in [7, 11) is 0. The summed E-state index contributed by atoms with van der Waals surface area (Å²) in [6.07, 6.45) is 0. The molecule has 5 nitrogen and oxygen atoms in total. The fourth-order valence-electron chi connectivity index (χ4n) is 2.65. The number of aryl methyl sites for hydroxylation is 1. The van der Waals surface area contributed by atoms with Crippen LogP contribution >= 0.6 is 23.8 Å². The number of H-pyrrole nitrogens is 1. The highest BCUT2D eigenvalue weighted by Gasteiger charge is 2.14. The van der Waals surface area contributed by atoms with Crippen LogP contribution in [0.2, 0.25) is 5.02 Å². The van der Waals surface area contributed by atoms with Gasteiger partial charge in [0.2, 0.25) is 5.91 Å². The Morgan fingerprint density at radius 1 is 1.23 bits per heavy atom. The van der Waals surface area contributed by atoms with E-state index >= 15 is 0 Å². The highest BCUT2D eigenvalue weighted by molar-refractivity contribution is 7.71. The summed E-state index contributed by atoms with van der Waals surface area (Å²) in [4.78, 5) is 12.5. The van der Waals surface area contributed by atoms with Gasteiger partial charge < -0.3 is 5.32 Å². The van der Waals surface area contributed by atoms with Gasteiger partial charge in [-0.05, 0) is 43.8 Å². The molecular weight excluding hydrogens is 368 g/mol. The lowest BCUT2D eigenvalue weighted by Crippen LogP contribution is -2.30. The maximum absolute atomic E-state index is 12.5. The van der Waals surface area contributed by atoms with Gasteiger partial charge in [-0.25, -0.2) is 0 Å². The summed E-state index contributed by atoms with van der Waals surface area (Å²) in [5, 5.41) is 10.7. The average Bonchev–Trinajstić information content (AvgIpc) is 2.97. The molecule has 0 saturated carbocycles. The highest BCUT2D eigenvalue weighted by atomic mass is 35.5. The van der Waals surface area contributed by atoms with Gasteiger partial charge in [-0.2, -0.15) is 5.10 Å². The minimum atomic E-state index is -0.140. The number of rotatable bonds is 5. The second-order valence-electron chi connectivity index (χ2n) is 6.15. The molecule has 0 aliphatic heterocycles. The Morgan fingerprint density at radius 2 is 1.88 bits per heavy atom. The quantitative estimate of drug-likeness (QED) is 0.637. The third-order valence-corrected chi connectivity index (χ3v) is 4.68. The number of aromatic amines is 1. The molecule has 3 rings (SSSR count). The Hall–Kier alpha value is -2.44. The highest BCUT2D eigenvalue weighted by Crippen LogP contribution is 2.19.